The van der Waals surface area contributed by atoms with E-state index in [1.54, 1.807) is 11.4 Å². The van der Waals surface area contributed by atoms with E-state index in [9.17, 15) is 9.59 Å². The SMILES string of the molecule is CCCCCCCn1c(=O)c2c(nc3oc(C(C)(C)C)cn32)n(C)c1=O. The van der Waals surface area contributed by atoms with Crippen LogP contribution in [0.3, 0.4) is 0 Å². The molecule has 0 unspecified atom stereocenters. The van der Waals surface area contributed by atoms with Gasteiger partial charge in [0.25, 0.3) is 5.56 Å². The summed E-state index contributed by atoms with van der Waals surface area (Å²) in [6.07, 6.45) is 7.12. The maximum absolute atomic E-state index is 13.0. The summed E-state index contributed by atoms with van der Waals surface area (Å²) in [5.41, 5.74) is -0.0510. The number of rotatable bonds is 6. The van der Waals surface area contributed by atoms with E-state index in [1.165, 1.54) is 15.6 Å². The van der Waals surface area contributed by atoms with Crippen molar-refractivity contribution < 1.29 is 4.42 Å². The summed E-state index contributed by atoms with van der Waals surface area (Å²) in [5.74, 6) is 1.10. The normalized spacial score (nSPS) is 12.5. The van der Waals surface area contributed by atoms with Gasteiger partial charge in [0.15, 0.2) is 11.2 Å². The Morgan fingerprint density at radius 3 is 2.46 bits per heavy atom. The number of fused-ring (bicyclic) bond motifs is 3. The number of nitrogens with zero attached hydrogens (tertiary/aromatic N) is 4. The number of oxazole rings is 1. The quantitative estimate of drug-likeness (QED) is 0.633. The predicted molar refractivity (Wildman–Crippen MR) is 102 cm³/mol. The fourth-order valence-corrected chi connectivity index (χ4v) is 3.17. The zero-order valence-electron chi connectivity index (χ0n) is 16.3. The lowest BCUT2D eigenvalue weighted by atomic mass is 9.94. The molecule has 0 spiro atoms. The molecule has 142 valence electrons. The molecule has 26 heavy (non-hydrogen) atoms. The molecule has 0 fully saturated rings. The standard InChI is InChI=1S/C19H28N4O3/c1-6-7-8-9-10-11-22-16(24)14-15(21(5)18(22)25)20-17-23(14)12-13(26-17)19(2,3)4/h12H,6-11H2,1-5H3. The Morgan fingerprint density at radius 1 is 1.12 bits per heavy atom. The van der Waals surface area contributed by atoms with Gasteiger partial charge in [-0.1, -0.05) is 53.4 Å². The molecule has 3 rings (SSSR count). The van der Waals surface area contributed by atoms with Crippen molar-refractivity contribution in [1.29, 1.82) is 0 Å². The molecule has 0 aliphatic heterocycles. The van der Waals surface area contributed by atoms with Gasteiger partial charge >= 0.3 is 11.5 Å². The first kappa shape index (κ1) is 18.5. The van der Waals surface area contributed by atoms with Crippen LogP contribution < -0.4 is 11.2 Å². The van der Waals surface area contributed by atoms with Crippen molar-refractivity contribution in [2.45, 2.75) is 71.8 Å². The zero-order valence-corrected chi connectivity index (χ0v) is 16.3. The fourth-order valence-electron chi connectivity index (χ4n) is 3.17. The number of aryl methyl sites for hydroxylation is 1. The molecular formula is C19H28N4O3. The van der Waals surface area contributed by atoms with Crippen molar-refractivity contribution in [1.82, 2.24) is 18.5 Å². The molecule has 7 heteroatoms. The van der Waals surface area contributed by atoms with Crippen LogP contribution in [0.15, 0.2) is 20.2 Å². The van der Waals surface area contributed by atoms with Crippen LogP contribution in [-0.4, -0.2) is 18.5 Å². The van der Waals surface area contributed by atoms with E-state index in [-0.39, 0.29) is 16.7 Å². The molecule has 0 saturated heterocycles. The third-order valence-electron chi connectivity index (χ3n) is 4.82. The second-order valence-corrected chi connectivity index (χ2v) is 7.99. The number of hydrogen-bond donors (Lipinski definition) is 0. The maximum Gasteiger partial charge on any atom is 0.332 e. The second-order valence-electron chi connectivity index (χ2n) is 7.99. The molecule has 0 bridgehead atoms. The molecule has 0 aliphatic rings. The van der Waals surface area contributed by atoms with Gasteiger partial charge < -0.3 is 4.42 Å². The van der Waals surface area contributed by atoms with Gasteiger partial charge in [-0.25, -0.2) is 4.79 Å². The number of unbranched alkanes of at least 4 members (excludes halogenated alkanes) is 4. The average molecular weight is 360 g/mol. The minimum Gasteiger partial charge on any atom is -0.428 e. The summed E-state index contributed by atoms with van der Waals surface area (Å²) < 4.78 is 10.3. The van der Waals surface area contributed by atoms with Crippen molar-refractivity contribution in [3.05, 3.63) is 32.8 Å². The van der Waals surface area contributed by atoms with Crippen LogP contribution >= 0.6 is 0 Å². The maximum atomic E-state index is 13.0. The van der Waals surface area contributed by atoms with Crippen molar-refractivity contribution in [3.8, 4) is 0 Å². The number of aromatic nitrogens is 4. The lowest BCUT2D eigenvalue weighted by Gasteiger charge is -2.13. The first-order chi connectivity index (χ1) is 12.3. The molecule has 0 saturated carbocycles. The van der Waals surface area contributed by atoms with E-state index in [1.807, 2.05) is 27.0 Å². The highest BCUT2D eigenvalue weighted by Gasteiger charge is 2.24. The Morgan fingerprint density at radius 2 is 1.81 bits per heavy atom. The van der Waals surface area contributed by atoms with Gasteiger partial charge in [-0.2, -0.15) is 4.98 Å². The van der Waals surface area contributed by atoms with Crippen LogP contribution in [0.5, 0.6) is 0 Å². The van der Waals surface area contributed by atoms with Crippen molar-refractivity contribution in [2.75, 3.05) is 0 Å². The lowest BCUT2D eigenvalue weighted by Crippen LogP contribution is -2.39. The van der Waals surface area contributed by atoms with Crippen molar-refractivity contribution >= 4 is 17.0 Å². The van der Waals surface area contributed by atoms with Crippen LogP contribution in [0.4, 0.5) is 0 Å². The molecular weight excluding hydrogens is 332 g/mol. The van der Waals surface area contributed by atoms with Gasteiger partial charge in [0.05, 0.1) is 6.20 Å². The van der Waals surface area contributed by atoms with Gasteiger partial charge in [0, 0.05) is 19.0 Å². The summed E-state index contributed by atoms with van der Waals surface area (Å²) in [6.45, 7) is 8.71. The molecule has 3 aromatic heterocycles. The van der Waals surface area contributed by atoms with Gasteiger partial charge in [-0.05, 0) is 6.42 Å². The molecule has 0 N–H and O–H groups in total. The van der Waals surface area contributed by atoms with Crippen LogP contribution in [0.2, 0.25) is 0 Å². The minimum atomic E-state index is -0.324. The fraction of sp³-hybridized carbons (Fsp3) is 0.632. The van der Waals surface area contributed by atoms with Crippen LogP contribution in [0.1, 0.15) is 65.6 Å². The van der Waals surface area contributed by atoms with Crippen LogP contribution in [-0.2, 0) is 19.0 Å². The van der Waals surface area contributed by atoms with E-state index in [2.05, 4.69) is 11.9 Å². The van der Waals surface area contributed by atoms with E-state index < -0.39 is 0 Å². The third-order valence-corrected chi connectivity index (χ3v) is 4.82. The highest BCUT2D eigenvalue weighted by molar-refractivity contribution is 5.74. The molecule has 0 atom stereocenters. The van der Waals surface area contributed by atoms with Gasteiger partial charge in [-0.3, -0.25) is 18.3 Å². The van der Waals surface area contributed by atoms with Gasteiger partial charge in [-0.15, -0.1) is 0 Å². The summed E-state index contributed by atoms with van der Waals surface area (Å²) in [6, 6.07) is 0. The molecule has 0 radical (unpaired) electrons. The van der Waals surface area contributed by atoms with E-state index in [4.69, 9.17) is 4.42 Å². The smallest absolute Gasteiger partial charge is 0.332 e. The number of hydrogen-bond acceptors (Lipinski definition) is 4. The largest absolute Gasteiger partial charge is 0.428 e. The lowest BCUT2D eigenvalue weighted by molar-refractivity contribution is 0.425. The number of imidazole rings is 1. The predicted octanol–water partition coefficient (Wildman–Crippen LogP) is 3.21. The minimum absolute atomic E-state index is 0.189. The highest BCUT2D eigenvalue weighted by Crippen LogP contribution is 2.26. The summed E-state index contributed by atoms with van der Waals surface area (Å²) in [5, 5.41) is 0. The van der Waals surface area contributed by atoms with E-state index in [0.29, 0.717) is 23.6 Å². The topological polar surface area (TPSA) is 74.4 Å². The summed E-state index contributed by atoms with van der Waals surface area (Å²) in [4.78, 5) is 30.0. The molecule has 7 nitrogen and oxygen atoms in total. The summed E-state index contributed by atoms with van der Waals surface area (Å²) >= 11 is 0. The van der Waals surface area contributed by atoms with E-state index in [0.717, 1.165) is 31.4 Å². The van der Waals surface area contributed by atoms with E-state index >= 15 is 0 Å². The monoisotopic (exact) mass is 360 g/mol. The third kappa shape index (κ3) is 3.10. The molecule has 3 heterocycles. The Bertz CT molecular complexity index is 1040. The van der Waals surface area contributed by atoms with Crippen LogP contribution in [0.25, 0.3) is 17.0 Å². The van der Waals surface area contributed by atoms with Crippen LogP contribution in [0, 0.1) is 0 Å². The first-order valence-corrected chi connectivity index (χ1v) is 9.37. The molecule has 0 amide bonds. The van der Waals surface area contributed by atoms with Gasteiger partial charge in [0.2, 0.25) is 0 Å². The molecule has 3 aromatic rings. The molecule has 0 aromatic carbocycles. The Kier molecular flexibility index (Phi) is 4.82. The highest BCUT2D eigenvalue weighted by atomic mass is 16.4. The first-order valence-electron chi connectivity index (χ1n) is 9.37. The molecule has 0 aliphatic carbocycles. The van der Waals surface area contributed by atoms with Gasteiger partial charge in [0.1, 0.15) is 5.76 Å². The Labute approximate surface area is 152 Å². The summed E-state index contributed by atoms with van der Waals surface area (Å²) in [7, 11) is 1.65. The van der Waals surface area contributed by atoms with Crippen molar-refractivity contribution in [2.24, 2.45) is 7.05 Å². The van der Waals surface area contributed by atoms with Crippen molar-refractivity contribution in [3.63, 3.8) is 0 Å². The Hall–Kier alpha value is -2.31. The zero-order chi connectivity index (χ0) is 19.1. The average Bonchev–Trinajstić information content (AvgIpc) is 3.13. The Balaban J connectivity index is 2.08. The second kappa shape index (κ2) is 6.78.